The van der Waals surface area contributed by atoms with Crippen molar-refractivity contribution in [2.75, 3.05) is 11.9 Å². The number of amidine groups is 1. The number of carbonyl (C=O) groups is 2. The maximum absolute atomic E-state index is 11.9. The van der Waals surface area contributed by atoms with Crippen molar-refractivity contribution in [2.24, 2.45) is 4.99 Å². The van der Waals surface area contributed by atoms with Crippen LogP contribution >= 0.6 is 11.3 Å². The van der Waals surface area contributed by atoms with Gasteiger partial charge in [0.2, 0.25) is 0 Å². The highest BCUT2D eigenvalue weighted by molar-refractivity contribution is 7.12. The number of carbonyl (C=O) groups excluding carboxylic acids is 2. The smallest absolute Gasteiger partial charge is 0.265 e. The summed E-state index contributed by atoms with van der Waals surface area (Å²) in [5.74, 6) is 0.308. The van der Waals surface area contributed by atoms with E-state index in [1.807, 2.05) is 23.6 Å². The molecule has 106 valence electrons. The van der Waals surface area contributed by atoms with Gasteiger partial charge in [0.15, 0.2) is 0 Å². The molecule has 1 aromatic carbocycles. The van der Waals surface area contributed by atoms with Crippen LogP contribution in [0.2, 0.25) is 0 Å². The monoisotopic (exact) mass is 300 g/mol. The Kier molecular flexibility index (Phi) is 3.65. The van der Waals surface area contributed by atoms with Gasteiger partial charge in [-0.15, -0.1) is 11.3 Å². The zero-order valence-corrected chi connectivity index (χ0v) is 11.7. The molecule has 21 heavy (non-hydrogen) atoms. The van der Waals surface area contributed by atoms with Crippen molar-refractivity contribution in [3.63, 3.8) is 0 Å². The van der Waals surface area contributed by atoms with E-state index >= 15 is 0 Å². The summed E-state index contributed by atoms with van der Waals surface area (Å²) in [6, 6.07) is 10.9. The summed E-state index contributed by atoms with van der Waals surface area (Å²) < 4.78 is 0. The molecular weight excluding hydrogens is 288 g/mol. The van der Waals surface area contributed by atoms with Crippen molar-refractivity contribution in [3.05, 3.63) is 52.2 Å². The second-order valence-electron chi connectivity index (χ2n) is 4.35. The SMILES string of the molecule is O=C1CN=C(c2ccc(NC(=O)c3cccs3)cc2)NN1. The highest BCUT2D eigenvalue weighted by Crippen LogP contribution is 2.14. The maximum atomic E-state index is 11.9. The van der Waals surface area contributed by atoms with Crippen molar-refractivity contribution in [1.82, 2.24) is 10.9 Å². The molecule has 1 aromatic heterocycles. The maximum Gasteiger partial charge on any atom is 0.265 e. The van der Waals surface area contributed by atoms with E-state index in [2.05, 4.69) is 21.2 Å². The number of hydrogen-bond acceptors (Lipinski definition) is 5. The van der Waals surface area contributed by atoms with E-state index in [1.54, 1.807) is 18.2 Å². The van der Waals surface area contributed by atoms with Gasteiger partial charge in [-0.05, 0) is 35.7 Å². The van der Waals surface area contributed by atoms with Crippen LogP contribution in [-0.2, 0) is 4.79 Å². The van der Waals surface area contributed by atoms with E-state index in [4.69, 9.17) is 0 Å². The van der Waals surface area contributed by atoms with E-state index in [0.29, 0.717) is 16.4 Å². The molecule has 0 saturated heterocycles. The summed E-state index contributed by atoms with van der Waals surface area (Å²) >= 11 is 1.39. The van der Waals surface area contributed by atoms with Crippen LogP contribution in [0.15, 0.2) is 46.8 Å². The highest BCUT2D eigenvalue weighted by atomic mass is 32.1. The van der Waals surface area contributed by atoms with Crippen LogP contribution in [0.5, 0.6) is 0 Å². The first-order chi connectivity index (χ1) is 10.2. The van der Waals surface area contributed by atoms with Gasteiger partial charge >= 0.3 is 0 Å². The number of thiophene rings is 1. The normalized spacial score (nSPS) is 13.9. The minimum Gasteiger partial charge on any atom is -0.321 e. The number of hydrazine groups is 1. The third-order valence-electron chi connectivity index (χ3n) is 2.86. The Balaban J connectivity index is 1.70. The van der Waals surface area contributed by atoms with E-state index in [-0.39, 0.29) is 18.4 Å². The molecule has 2 amide bonds. The molecule has 1 aliphatic rings. The van der Waals surface area contributed by atoms with Gasteiger partial charge in [-0.1, -0.05) is 6.07 Å². The summed E-state index contributed by atoms with van der Waals surface area (Å²) in [5.41, 5.74) is 6.78. The van der Waals surface area contributed by atoms with E-state index in [1.165, 1.54) is 11.3 Å². The van der Waals surface area contributed by atoms with Gasteiger partial charge in [-0.3, -0.25) is 25.4 Å². The molecule has 3 rings (SSSR count). The van der Waals surface area contributed by atoms with Gasteiger partial charge in [0.25, 0.3) is 11.8 Å². The lowest BCUT2D eigenvalue weighted by molar-refractivity contribution is -0.120. The Hall–Kier alpha value is -2.67. The number of benzene rings is 1. The van der Waals surface area contributed by atoms with Crippen LogP contribution in [-0.4, -0.2) is 24.2 Å². The van der Waals surface area contributed by atoms with Crippen molar-refractivity contribution in [3.8, 4) is 0 Å². The lowest BCUT2D eigenvalue weighted by Gasteiger charge is -2.15. The summed E-state index contributed by atoms with van der Waals surface area (Å²) in [6.07, 6.45) is 0. The Morgan fingerprint density at radius 2 is 2.00 bits per heavy atom. The van der Waals surface area contributed by atoms with Gasteiger partial charge in [-0.25, -0.2) is 0 Å². The van der Waals surface area contributed by atoms with Gasteiger partial charge in [0.1, 0.15) is 12.4 Å². The molecule has 0 spiro atoms. The largest absolute Gasteiger partial charge is 0.321 e. The molecule has 0 atom stereocenters. The molecule has 0 saturated carbocycles. The van der Waals surface area contributed by atoms with Gasteiger partial charge in [0.05, 0.1) is 4.88 Å². The second kappa shape index (κ2) is 5.76. The third kappa shape index (κ3) is 3.09. The Morgan fingerprint density at radius 1 is 1.19 bits per heavy atom. The molecule has 0 aliphatic carbocycles. The van der Waals surface area contributed by atoms with Crippen molar-refractivity contribution < 1.29 is 9.59 Å². The van der Waals surface area contributed by atoms with Gasteiger partial charge < -0.3 is 5.32 Å². The average molecular weight is 300 g/mol. The molecule has 0 fully saturated rings. The van der Waals surface area contributed by atoms with Crippen molar-refractivity contribution in [2.45, 2.75) is 0 Å². The standard InChI is InChI=1S/C14H12N4O2S/c19-12-8-15-13(18-17-12)9-3-5-10(6-4-9)16-14(20)11-2-1-7-21-11/h1-7H,8H2,(H,15,18)(H,16,20)(H,17,19). The lowest BCUT2D eigenvalue weighted by atomic mass is 10.2. The van der Waals surface area contributed by atoms with Crippen LogP contribution in [0.1, 0.15) is 15.2 Å². The van der Waals surface area contributed by atoms with Crippen LogP contribution in [0, 0.1) is 0 Å². The minimum atomic E-state index is -0.168. The van der Waals surface area contributed by atoms with E-state index in [0.717, 1.165) is 5.56 Å². The third-order valence-corrected chi connectivity index (χ3v) is 3.73. The topological polar surface area (TPSA) is 82.6 Å². The number of nitrogens with one attached hydrogen (secondary N) is 3. The van der Waals surface area contributed by atoms with E-state index in [9.17, 15) is 9.59 Å². The average Bonchev–Trinajstić information content (AvgIpc) is 3.03. The first-order valence-corrected chi connectivity index (χ1v) is 7.15. The summed E-state index contributed by atoms with van der Waals surface area (Å²) in [4.78, 5) is 27.7. The van der Waals surface area contributed by atoms with Crippen LogP contribution in [0.4, 0.5) is 5.69 Å². The Labute approximate surface area is 124 Å². The summed E-state index contributed by atoms with van der Waals surface area (Å²) in [6.45, 7) is 0.110. The first-order valence-electron chi connectivity index (χ1n) is 6.27. The van der Waals surface area contributed by atoms with Crippen LogP contribution < -0.4 is 16.2 Å². The predicted octanol–water partition coefficient (Wildman–Crippen LogP) is 1.38. The molecule has 7 heteroatoms. The van der Waals surface area contributed by atoms with Crippen molar-refractivity contribution >= 4 is 34.7 Å². The number of hydrogen-bond donors (Lipinski definition) is 3. The summed E-state index contributed by atoms with van der Waals surface area (Å²) in [7, 11) is 0. The predicted molar refractivity (Wildman–Crippen MR) is 81.4 cm³/mol. The lowest BCUT2D eigenvalue weighted by Crippen LogP contribution is -2.47. The van der Waals surface area contributed by atoms with Crippen LogP contribution in [0.25, 0.3) is 0 Å². The molecule has 0 bridgehead atoms. The fourth-order valence-corrected chi connectivity index (χ4v) is 2.45. The number of rotatable bonds is 3. The summed E-state index contributed by atoms with van der Waals surface area (Å²) in [5, 5.41) is 4.68. The zero-order chi connectivity index (χ0) is 14.7. The fourth-order valence-electron chi connectivity index (χ4n) is 1.83. The Bertz CT molecular complexity index is 692. The Morgan fingerprint density at radius 3 is 2.62 bits per heavy atom. The number of amides is 2. The van der Waals surface area contributed by atoms with E-state index < -0.39 is 0 Å². The molecule has 0 radical (unpaired) electrons. The number of anilines is 1. The number of aliphatic imine (C=N–C) groups is 1. The molecular formula is C14H12N4O2S. The zero-order valence-electron chi connectivity index (χ0n) is 10.9. The molecule has 0 unspecified atom stereocenters. The van der Waals surface area contributed by atoms with Crippen LogP contribution in [0.3, 0.4) is 0 Å². The van der Waals surface area contributed by atoms with Gasteiger partial charge in [0, 0.05) is 11.3 Å². The molecule has 6 nitrogen and oxygen atoms in total. The minimum absolute atomic E-state index is 0.110. The molecule has 1 aliphatic heterocycles. The molecule has 3 N–H and O–H groups in total. The number of nitrogens with zero attached hydrogens (tertiary/aromatic N) is 1. The quantitative estimate of drug-likeness (QED) is 0.801. The molecule has 2 aromatic rings. The van der Waals surface area contributed by atoms with Crippen molar-refractivity contribution in [1.29, 1.82) is 0 Å². The second-order valence-corrected chi connectivity index (χ2v) is 5.29. The highest BCUT2D eigenvalue weighted by Gasteiger charge is 2.12. The fraction of sp³-hybridized carbons (Fsp3) is 0.0714. The molecule has 2 heterocycles. The first kappa shape index (κ1) is 13.3. The van der Waals surface area contributed by atoms with Gasteiger partial charge in [-0.2, -0.15) is 0 Å².